The molecular formula is C19H26N2O3. The number of carbonyl (C=O) groups is 2. The van der Waals surface area contributed by atoms with Gasteiger partial charge >= 0.3 is 0 Å². The molecule has 0 spiro atoms. The van der Waals surface area contributed by atoms with Crippen LogP contribution in [0.2, 0.25) is 0 Å². The second-order valence-corrected chi connectivity index (χ2v) is 6.79. The van der Waals surface area contributed by atoms with Crippen molar-refractivity contribution >= 4 is 11.8 Å². The van der Waals surface area contributed by atoms with Gasteiger partial charge in [-0.05, 0) is 49.8 Å². The normalized spacial score (nSPS) is 20.5. The fourth-order valence-corrected chi connectivity index (χ4v) is 3.25. The largest absolute Gasteiger partial charge is 0.497 e. The summed E-state index contributed by atoms with van der Waals surface area (Å²) in [5.41, 5.74) is 1.17. The van der Waals surface area contributed by atoms with E-state index in [2.05, 4.69) is 5.32 Å². The molecule has 2 aliphatic rings. The molecule has 2 fully saturated rings. The molecule has 1 heterocycles. The fourth-order valence-electron chi connectivity index (χ4n) is 3.25. The Bertz CT molecular complexity index is 581. The van der Waals surface area contributed by atoms with Crippen LogP contribution >= 0.6 is 0 Å². The Hall–Kier alpha value is -2.04. The Morgan fingerprint density at radius 3 is 2.58 bits per heavy atom. The number of benzene rings is 1. The van der Waals surface area contributed by atoms with E-state index in [9.17, 15) is 9.59 Å². The second-order valence-electron chi connectivity index (χ2n) is 6.79. The van der Waals surface area contributed by atoms with Crippen LogP contribution in [0.25, 0.3) is 0 Å². The van der Waals surface area contributed by atoms with Gasteiger partial charge in [0.2, 0.25) is 11.8 Å². The Morgan fingerprint density at radius 2 is 1.92 bits per heavy atom. The Kier molecular flexibility index (Phi) is 5.38. The van der Waals surface area contributed by atoms with E-state index < -0.39 is 0 Å². The number of nitrogens with zero attached hydrogens (tertiary/aromatic N) is 1. The quantitative estimate of drug-likeness (QED) is 0.868. The van der Waals surface area contributed by atoms with Gasteiger partial charge in [-0.15, -0.1) is 0 Å². The van der Waals surface area contributed by atoms with E-state index in [1.807, 2.05) is 29.2 Å². The molecule has 1 saturated carbocycles. The predicted molar refractivity (Wildman–Crippen MR) is 91.7 cm³/mol. The number of ether oxygens (including phenoxy) is 1. The van der Waals surface area contributed by atoms with Crippen LogP contribution in [-0.2, 0) is 16.0 Å². The van der Waals surface area contributed by atoms with Gasteiger partial charge in [0, 0.05) is 25.6 Å². The SMILES string of the molecule is COc1ccc(CCNC(=O)[C@H]2CCCN(C(=O)C3CC3)C2)cc1. The Balaban J connectivity index is 1.43. The zero-order valence-electron chi connectivity index (χ0n) is 14.3. The molecule has 0 radical (unpaired) electrons. The monoisotopic (exact) mass is 330 g/mol. The summed E-state index contributed by atoms with van der Waals surface area (Å²) in [6, 6.07) is 7.89. The van der Waals surface area contributed by atoms with E-state index in [-0.39, 0.29) is 23.7 Å². The minimum Gasteiger partial charge on any atom is -0.497 e. The number of hydrogen-bond donors (Lipinski definition) is 1. The summed E-state index contributed by atoms with van der Waals surface area (Å²) in [4.78, 5) is 26.4. The van der Waals surface area contributed by atoms with Crippen LogP contribution in [0.5, 0.6) is 5.75 Å². The van der Waals surface area contributed by atoms with Crippen LogP contribution in [0.3, 0.4) is 0 Å². The highest BCUT2D eigenvalue weighted by atomic mass is 16.5. The van der Waals surface area contributed by atoms with E-state index in [4.69, 9.17) is 4.74 Å². The van der Waals surface area contributed by atoms with E-state index in [0.29, 0.717) is 13.1 Å². The highest BCUT2D eigenvalue weighted by Crippen LogP contribution is 2.32. The van der Waals surface area contributed by atoms with Crippen molar-refractivity contribution in [3.8, 4) is 5.75 Å². The Morgan fingerprint density at radius 1 is 1.17 bits per heavy atom. The van der Waals surface area contributed by atoms with Gasteiger partial charge in [0.25, 0.3) is 0 Å². The number of hydrogen-bond acceptors (Lipinski definition) is 3. The standard InChI is InChI=1S/C19H26N2O3/c1-24-17-8-4-14(5-9-17)10-11-20-18(22)16-3-2-12-21(13-16)19(23)15-6-7-15/h4-5,8-9,15-16H,2-3,6-7,10-13H2,1H3,(H,20,22)/t16-/m0/s1. The third-order valence-electron chi connectivity index (χ3n) is 4.90. The second kappa shape index (κ2) is 7.69. The van der Waals surface area contributed by atoms with Gasteiger partial charge in [0.15, 0.2) is 0 Å². The summed E-state index contributed by atoms with van der Waals surface area (Å²) in [5.74, 6) is 1.35. The van der Waals surface area contributed by atoms with Gasteiger partial charge < -0.3 is 15.0 Å². The molecule has 5 nitrogen and oxygen atoms in total. The summed E-state index contributed by atoms with van der Waals surface area (Å²) < 4.78 is 5.14. The number of rotatable bonds is 6. The highest BCUT2D eigenvalue weighted by molar-refractivity contribution is 5.83. The molecular weight excluding hydrogens is 304 g/mol. The number of carbonyl (C=O) groups excluding carboxylic acids is 2. The first-order valence-electron chi connectivity index (χ1n) is 8.87. The topological polar surface area (TPSA) is 58.6 Å². The summed E-state index contributed by atoms with van der Waals surface area (Å²) in [6.45, 7) is 2.02. The molecule has 0 aromatic heterocycles. The maximum atomic E-state index is 12.4. The molecule has 3 rings (SSSR count). The first-order chi connectivity index (χ1) is 11.7. The molecule has 1 aromatic rings. The first kappa shape index (κ1) is 16.8. The molecule has 1 aromatic carbocycles. The Labute approximate surface area is 143 Å². The molecule has 1 aliphatic heterocycles. The van der Waals surface area contributed by atoms with Crippen molar-refractivity contribution in [1.29, 1.82) is 0 Å². The van der Waals surface area contributed by atoms with Gasteiger partial charge in [-0.3, -0.25) is 9.59 Å². The van der Waals surface area contributed by atoms with Crippen molar-refractivity contribution < 1.29 is 14.3 Å². The number of amides is 2. The third kappa shape index (κ3) is 4.28. The smallest absolute Gasteiger partial charge is 0.225 e. The summed E-state index contributed by atoms with van der Waals surface area (Å²) >= 11 is 0. The van der Waals surface area contributed by atoms with Gasteiger partial charge in [0.1, 0.15) is 5.75 Å². The van der Waals surface area contributed by atoms with Gasteiger partial charge in [-0.1, -0.05) is 12.1 Å². The van der Waals surface area contributed by atoms with Gasteiger partial charge in [0.05, 0.1) is 13.0 Å². The summed E-state index contributed by atoms with van der Waals surface area (Å²) in [5, 5.41) is 3.03. The lowest BCUT2D eigenvalue weighted by atomic mass is 9.96. The molecule has 1 N–H and O–H groups in total. The number of piperidine rings is 1. The molecule has 1 saturated heterocycles. The zero-order chi connectivity index (χ0) is 16.9. The third-order valence-corrected chi connectivity index (χ3v) is 4.90. The van der Waals surface area contributed by atoms with Crippen LogP contribution in [0, 0.1) is 11.8 Å². The lowest BCUT2D eigenvalue weighted by Crippen LogP contribution is -2.46. The summed E-state index contributed by atoms with van der Waals surface area (Å²) in [7, 11) is 1.65. The number of likely N-dealkylation sites (tertiary alicyclic amines) is 1. The minimum absolute atomic E-state index is 0.0580. The first-order valence-corrected chi connectivity index (χ1v) is 8.87. The van der Waals surface area contributed by atoms with Crippen LogP contribution in [0.4, 0.5) is 0 Å². The molecule has 24 heavy (non-hydrogen) atoms. The van der Waals surface area contributed by atoms with Gasteiger partial charge in [-0.25, -0.2) is 0 Å². The molecule has 1 aliphatic carbocycles. The van der Waals surface area contributed by atoms with Gasteiger partial charge in [-0.2, -0.15) is 0 Å². The van der Waals surface area contributed by atoms with Crippen molar-refractivity contribution in [2.24, 2.45) is 11.8 Å². The van der Waals surface area contributed by atoms with Crippen LogP contribution < -0.4 is 10.1 Å². The van der Waals surface area contributed by atoms with E-state index in [1.54, 1.807) is 7.11 Å². The maximum absolute atomic E-state index is 12.4. The molecule has 130 valence electrons. The maximum Gasteiger partial charge on any atom is 0.225 e. The van der Waals surface area contributed by atoms with Crippen molar-refractivity contribution in [3.63, 3.8) is 0 Å². The van der Waals surface area contributed by atoms with E-state index in [0.717, 1.165) is 44.4 Å². The lowest BCUT2D eigenvalue weighted by molar-refractivity contribution is -0.136. The zero-order valence-corrected chi connectivity index (χ0v) is 14.3. The summed E-state index contributed by atoms with van der Waals surface area (Å²) in [6.07, 6.45) is 4.65. The number of nitrogens with one attached hydrogen (secondary N) is 1. The van der Waals surface area contributed by atoms with E-state index in [1.165, 1.54) is 5.56 Å². The highest BCUT2D eigenvalue weighted by Gasteiger charge is 2.36. The van der Waals surface area contributed by atoms with Crippen molar-refractivity contribution in [3.05, 3.63) is 29.8 Å². The van der Waals surface area contributed by atoms with Crippen LogP contribution in [0.15, 0.2) is 24.3 Å². The van der Waals surface area contributed by atoms with E-state index >= 15 is 0 Å². The molecule has 0 bridgehead atoms. The fraction of sp³-hybridized carbons (Fsp3) is 0.579. The van der Waals surface area contributed by atoms with Crippen molar-refractivity contribution in [2.75, 3.05) is 26.7 Å². The molecule has 2 amide bonds. The predicted octanol–water partition coefficient (Wildman–Crippen LogP) is 2.00. The van der Waals surface area contributed by atoms with Crippen LogP contribution in [0.1, 0.15) is 31.2 Å². The molecule has 0 unspecified atom stereocenters. The average Bonchev–Trinajstić information content (AvgIpc) is 3.47. The number of methoxy groups -OCH3 is 1. The average molecular weight is 330 g/mol. The lowest BCUT2D eigenvalue weighted by Gasteiger charge is -2.32. The molecule has 1 atom stereocenters. The minimum atomic E-state index is -0.0580. The van der Waals surface area contributed by atoms with Crippen molar-refractivity contribution in [1.82, 2.24) is 10.2 Å². The molecule has 5 heteroatoms. The van der Waals surface area contributed by atoms with Crippen LogP contribution in [-0.4, -0.2) is 43.5 Å². The van der Waals surface area contributed by atoms with Crippen molar-refractivity contribution in [2.45, 2.75) is 32.1 Å².